The summed E-state index contributed by atoms with van der Waals surface area (Å²) in [5, 5.41) is 44.1. The number of primary amides is 1. The van der Waals surface area contributed by atoms with Gasteiger partial charge in [-0.15, -0.1) is 0 Å². The van der Waals surface area contributed by atoms with Crippen molar-refractivity contribution < 1.29 is 44.3 Å². The Morgan fingerprint density at radius 1 is 1.32 bits per heavy atom. The highest BCUT2D eigenvalue weighted by molar-refractivity contribution is 5.82. The standard InChI is InChI=1S/C26H43N3O9/c1-14-12-26(37-5,38-17(4)15(14)2)23(34)24(35)28-9-8-18(13-30)22(33)16(3)25(36)29-10-6-7-19(29)20(31)11-21(27)32/h8-9,15-20,22-23,30-31,33-34H,1,6-7,10-13H2,2-5H3,(H2,27,32)(H,28,35). The monoisotopic (exact) mass is 541 g/mol. The van der Waals surface area contributed by atoms with Gasteiger partial charge < -0.3 is 45.9 Å². The zero-order chi connectivity index (χ0) is 28.8. The second-order valence-corrected chi connectivity index (χ2v) is 10.3. The highest BCUT2D eigenvalue weighted by atomic mass is 16.7. The Labute approximate surface area is 223 Å². The number of nitrogens with zero attached hydrogens (tertiary/aromatic N) is 1. The molecule has 0 bridgehead atoms. The molecule has 0 aromatic carbocycles. The maximum Gasteiger partial charge on any atom is 0.258 e. The summed E-state index contributed by atoms with van der Waals surface area (Å²) in [7, 11) is 1.33. The quantitative estimate of drug-likeness (QED) is 0.171. The van der Waals surface area contributed by atoms with Crippen LogP contribution in [0.25, 0.3) is 0 Å². The highest BCUT2D eigenvalue weighted by Crippen LogP contribution is 2.38. The van der Waals surface area contributed by atoms with E-state index in [4.69, 9.17) is 15.2 Å². The molecule has 2 heterocycles. The molecule has 9 unspecified atom stereocenters. The molecule has 38 heavy (non-hydrogen) atoms. The molecule has 7 N–H and O–H groups in total. The van der Waals surface area contributed by atoms with Gasteiger partial charge in [0.2, 0.25) is 17.6 Å². The Bertz CT molecular complexity index is 897. The predicted octanol–water partition coefficient (Wildman–Crippen LogP) is -0.846. The summed E-state index contributed by atoms with van der Waals surface area (Å²) < 4.78 is 11.3. The zero-order valence-electron chi connectivity index (χ0n) is 22.6. The number of aliphatic hydroxyl groups is 4. The molecule has 3 amide bonds. The second-order valence-electron chi connectivity index (χ2n) is 10.3. The van der Waals surface area contributed by atoms with Gasteiger partial charge in [-0.3, -0.25) is 14.4 Å². The van der Waals surface area contributed by atoms with Gasteiger partial charge in [-0.1, -0.05) is 32.1 Å². The topological polar surface area (TPSA) is 192 Å². The number of hydrogen-bond donors (Lipinski definition) is 6. The second kappa shape index (κ2) is 13.6. The third-order valence-electron chi connectivity index (χ3n) is 7.77. The van der Waals surface area contributed by atoms with E-state index in [0.29, 0.717) is 19.4 Å². The lowest BCUT2D eigenvalue weighted by Gasteiger charge is -2.44. The van der Waals surface area contributed by atoms with Crippen LogP contribution in [0.1, 0.15) is 46.5 Å². The van der Waals surface area contributed by atoms with Gasteiger partial charge in [-0.2, -0.15) is 0 Å². The first-order chi connectivity index (χ1) is 17.8. The molecule has 2 fully saturated rings. The van der Waals surface area contributed by atoms with E-state index < -0.39 is 66.3 Å². The van der Waals surface area contributed by atoms with Gasteiger partial charge in [-0.25, -0.2) is 0 Å². The molecule has 0 radical (unpaired) electrons. The van der Waals surface area contributed by atoms with E-state index >= 15 is 0 Å². The van der Waals surface area contributed by atoms with E-state index in [2.05, 4.69) is 11.9 Å². The molecule has 12 nitrogen and oxygen atoms in total. The number of aliphatic hydroxyl groups excluding tert-OH is 4. The minimum atomic E-state index is -1.69. The molecule has 12 heteroatoms. The van der Waals surface area contributed by atoms with Crippen LogP contribution in [0.5, 0.6) is 0 Å². The first-order valence-electron chi connectivity index (χ1n) is 12.9. The fourth-order valence-corrected chi connectivity index (χ4v) is 5.06. The Balaban J connectivity index is 2.02. The summed E-state index contributed by atoms with van der Waals surface area (Å²) in [6.07, 6.45) is -0.986. The number of amides is 3. The normalized spacial score (nSPS) is 30.1. The van der Waals surface area contributed by atoms with Crippen LogP contribution in [0, 0.1) is 17.8 Å². The van der Waals surface area contributed by atoms with Crippen molar-refractivity contribution in [1.82, 2.24) is 10.2 Å². The lowest BCUT2D eigenvalue weighted by molar-refractivity contribution is -0.297. The lowest BCUT2D eigenvalue weighted by atomic mass is 9.85. The minimum Gasteiger partial charge on any atom is -0.396 e. The largest absolute Gasteiger partial charge is 0.396 e. The summed E-state index contributed by atoms with van der Waals surface area (Å²) in [5.74, 6) is -5.41. The van der Waals surface area contributed by atoms with Crippen LogP contribution >= 0.6 is 0 Å². The van der Waals surface area contributed by atoms with E-state index in [9.17, 15) is 34.8 Å². The predicted molar refractivity (Wildman–Crippen MR) is 137 cm³/mol. The first-order valence-corrected chi connectivity index (χ1v) is 12.9. The van der Waals surface area contributed by atoms with Crippen LogP contribution in [0.15, 0.2) is 24.4 Å². The molecule has 0 spiro atoms. The SMILES string of the molecule is C=C1CC(OC)(C(O)C(=O)NC=CC(CO)C(O)C(C)C(=O)N2CCCC2C(O)CC(N)=O)OC(C)C1C. The van der Waals surface area contributed by atoms with Crippen molar-refractivity contribution in [2.75, 3.05) is 20.3 Å². The van der Waals surface area contributed by atoms with Gasteiger partial charge in [0.05, 0.1) is 43.3 Å². The van der Waals surface area contributed by atoms with Crippen molar-refractivity contribution in [2.24, 2.45) is 23.5 Å². The van der Waals surface area contributed by atoms with Crippen molar-refractivity contribution in [3.63, 3.8) is 0 Å². The third kappa shape index (κ3) is 7.19. The molecule has 2 aliphatic heterocycles. The molecule has 216 valence electrons. The molecule has 2 aliphatic rings. The average Bonchev–Trinajstić information content (AvgIpc) is 3.37. The van der Waals surface area contributed by atoms with Crippen molar-refractivity contribution in [2.45, 2.75) is 82.7 Å². The third-order valence-corrected chi connectivity index (χ3v) is 7.77. The number of methoxy groups -OCH3 is 1. The number of nitrogens with two attached hydrogens (primary N) is 1. The van der Waals surface area contributed by atoms with Crippen molar-refractivity contribution in [1.29, 1.82) is 0 Å². The first kappa shape index (κ1) is 31.9. The van der Waals surface area contributed by atoms with Gasteiger partial charge in [0.1, 0.15) is 0 Å². The molecule has 0 aliphatic carbocycles. The summed E-state index contributed by atoms with van der Waals surface area (Å²) >= 11 is 0. The molecule has 9 atom stereocenters. The number of nitrogens with one attached hydrogen (secondary N) is 1. The molecule has 0 aromatic heterocycles. The Morgan fingerprint density at radius 3 is 2.53 bits per heavy atom. The fraction of sp³-hybridized carbons (Fsp3) is 0.731. The van der Waals surface area contributed by atoms with E-state index in [1.54, 1.807) is 6.92 Å². The van der Waals surface area contributed by atoms with Gasteiger partial charge in [0.25, 0.3) is 5.91 Å². The van der Waals surface area contributed by atoms with E-state index in [-0.39, 0.29) is 24.9 Å². The Hall–Kier alpha value is -2.35. The molecule has 0 aromatic rings. The van der Waals surface area contributed by atoms with E-state index in [1.165, 1.54) is 31.2 Å². The smallest absolute Gasteiger partial charge is 0.258 e. The van der Waals surface area contributed by atoms with Gasteiger partial charge in [0, 0.05) is 38.1 Å². The van der Waals surface area contributed by atoms with Gasteiger partial charge in [-0.05, 0) is 19.8 Å². The number of rotatable bonds is 12. The van der Waals surface area contributed by atoms with Crippen LogP contribution in [0.2, 0.25) is 0 Å². The zero-order valence-corrected chi connectivity index (χ0v) is 22.6. The van der Waals surface area contributed by atoms with Gasteiger partial charge >= 0.3 is 0 Å². The lowest BCUT2D eigenvalue weighted by Crippen LogP contribution is -2.58. The minimum absolute atomic E-state index is 0.0205. The van der Waals surface area contributed by atoms with E-state index in [0.717, 1.165) is 5.57 Å². The molecule has 0 saturated carbocycles. The summed E-state index contributed by atoms with van der Waals surface area (Å²) in [6.45, 7) is 9.06. The van der Waals surface area contributed by atoms with Crippen LogP contribution < -0.4 is 11.1 Å². The number of likely N-dealkylation sites (tertiary alicyclic amines) is 1. The number of carbonyl (C=O) groups excluding carboxylic acids is 3. The van der Waals surface area contributed by atoms with Crippen LogP contribution in [-0.2, 0) is 23.9 Å². The Kier molecular flexibility index (Phi) is 11.4. The summed E-state index contributed by atoms with van der Waals surface area (Å²) in [6, 6.07) is -0.592. The fourth-order valence-electron chi connectivity index (χ4n) is 5.06. The molecule has 2 rings (SSSR count). The number of ether oxygens (including phenoxy) is 2. The average molecular weight is 542 g/mol. The summed E-state index contributed by atoms with van der Waals surface area (Å²) in [5.41, 5.74) is 5.94. The van der Waals surface area contributed by atoms with Crippen LogP contribution in [0.3, 0.4) is 0 Å². The number of hydrogen-bond acceptors (Lipinski definition) is 9. The summed E-state index contributed by atoms with van der Waals surface area (Å²) in [4.78, 5) is 38.4. The van der Waals surface area contributed by atoms with Crippen molar-refractivity contribution in [3.8, 4) is 0 Å². The van der Waals surface area contributed by atoms with Crippen LogP contribution in [-0.4, -0.2) is 99.6 Å². The van der Waals surface area contributed by atoms with Crippen molar-refractivity contribution in [3.05, 3.63) is 24.4 Å². The molecule has 2 saturated heterocycles. The maximum atomic E-state index is 13.1. The Morgan fingerprint density at radius 2 is 1.97 bits per heavy atom. The molecular weight excluding hydrogens is 498 g/mol. The maximum absolute atomic E-state index is 13.1. The van der Waals surface area contributed by atoms with Crippen molar-refractivity contribution >= 4 is 17.7 Å². The number of carbonyl (C=O) groups is 3. The van der Waals surface area contributed by atoms with Crippen LogP contribution in [0.4, 0.5) is 0 Å². The van der Waals surface area contributed by atoms with Gasteiger partial charge in [0.15, 0.2) is 6.10 Å². The molecular formula is C26H43N3O9. The van der Waals surface area contributed by atoms with E-state index in [1.807, 2.05) is 6.92 Å². The highest BCUT2D eigenvalue weighted by Gasteiger charge is 2.49.